The number of halogens is 1. The van der Waals surface area contributed by atoms with E-state index in [2.05, 4.69) is 0 Å². The number of hydrogen-bond acceptors (Lipinski definition) is 1. The van der Waals surface area contributed by atoms with Gasteiger partial charge in [-0.1, -0.05) is 30.3 Å². The molecule has 1 rings (SSSR count). The zero-order chi connectivity index (χ0) is 6.69. The van der Waals surface area contributed by atoms with Crippen LogP contribution in [0.4, 0.5) is 0 Å². The maximum Gasteiger partial charge on any atom is 0.122 e. The van der Waals surface area contributed by atoms with E-state index in [0.29, 0.717) is 0 Å². The quantitative estimate of drug-likeness (QED) is 0.464. The lowest BCUT2D eigenvalue weighted by molar-refractivity contribution is 0.823. The van der Waals surface area contributed by atoms with E-state index in [1.54, 1.807) is 0 Å². The van der Waals surface area contributed by atoms with E-state index in [4.69, 9.17) is 11.1 Å². The summed E-state index contributed by atoms with van der Waals surface area (Å²) in [6.07, 6.45) is 0. The first-order valence-electron chi connectivity index (χ1n) is 2.70. The van der Waals surface area contributed by atoms with Crippen LogP contribution in [0.3, 0.4) is 0 Å². The molecule has 0 fully saturated rings. The monoisotopic (exact) mass is 192 g/mol. The summed E-state index contributed by atoms with van der Waals surface area (Å²) in [5.74, 6) is 0.121. The maximum absolute atomic E-state index is 7.01. The number of nitrogens with one attached hydrogen (secondary N) is 1. The van der Waals surface area contributed by atoms with Gasteiger partial charge in [0.2, 0.25) is 0 Å². The van der Waals surface area contributed by atoms with E-state index in [1.165, 1.54) is 0 Å². The van der Waals surface area contributed by atoms with E-state index in [-0.39, 0.29) is 29.2 Å². The first-order chi connectivity index (χ1) is 4.30. The van der Waals surface area contributed by atoms with Gasteiger partial charge in [0.15, 0.2) is 0 Å². The summed E-state index contributed by atoms with van der Waals surface area (Å²) in [5.41, 5.74) is 5.97. The fourth-order valence-electron chi connectivity index (χ4n) is 0.618. The topological polar surface area (TPSA) is 113 Å². The Balaban J connectivity index is -0.000000270. The first-order valence-corrected chi connectivity index (χ1v) is 2.70. The van der Waals surface area contributed by atoms with Crippen molar-refractivity contribution in [3.05, 3.63) is 35.9 Å². The van der Waals surface area contributed by atoms with Gasteiger partial charge in [0, 0.05) is 5.56 Å². The summed E-state index contributed by atoms with van der Waals surface area (Å²) in [6.45, 7) is 0. The van der Waals surface area contributed by atoms with Gasteiger partial charge in [0.05, 0.1) is 0 Å². The third-order valence-corrected chi connectivity index (χ3v) is 1.08. The van der Waals surface area contributed by atoms with Gasteiger partial charge in [-0.15, -0.1) is 12.4 Å². The highest BCUT2D eigenvalue weighted by molar-refractivity contribution is 5.94. The van der Waals surface area contributed by atoms with Crippen LogP contribution in [-0.4, -0.2) is 16.8 Å². The van der Waals surface area contributed by atoms with Crippen molar-refractivity contribution in [1.82, 2.24) is 0 Å². The van der Waals surface area contributed by atoms with Crippen LogP contribution < -0.4 is 5.73 Å². The lowest BCUT2D eigenvalue weighted by Gasteiger charge is -1.93. The molecule has 0 radical (unpaired) electrons. The Bertz CT molecular complexity index is 216. The fourth-order valence-corrected chi connectivity index (χ4v) is 0.618. The molecular formula is C7H13ClN2O2. The Hall–Kier alpha value is -1.10. The molecule has 0 bridgehead atoms. The lowest BCUT2D eigenvalue weighted by Crippen LogP contribution is -2.10. The van der Waals surface area contributed by atoms with Crippen LogP contribution >= 0.6 is 12.4 Å². The van der Waals surface area contributed by atoms with Crippen molar-refractivity contribution >= 4 is 18.2 Å². The number of benzene rings is 1. The molecule has 1 aromatic rings. The summed E-state index contributed by atoms with van der Waals surface area (Å²) in [7, 11) is 0. The van der Waals surface area contributed by atoms with E-state index in [0.717, 1.165) is 5.56 Å². The summed E-state index contributed by atoms with van der Waals surface area (Å²) in [6, 6.07) is 9.23. The third kappa shape index (κ3) is 4.68. The molecule has 0 spiro atoms. The van der Waals surface area contributed by atoms with Crippen LogP contribution in [-0.2, 0) is 0 Å². The van der Waals surface area contributed by atoms with Crippen molar-refractivity contribution in [2.24, 2.45) is 5.73 Å². The van der Waals surface area contributed by atoms with Gasteiger partial charge in [-0.25, -0.2) is 0 Å². The summed E-state index contributed by atoms with van der Waals surface area (Å²) < 4.78 is 0. The van der Waals surface area contributed by atoms with Gasteiger partial charge >= 0.3 is 0 Å². The number of amidine groups is 1. The number of rotatable bonds is 1. The van der Waals surface area contributed by atoms with Crippen molar-refractivity contribution in [3.63, 3.8) is 0 Å². The smallest absolute Gasteiger partial charge is 0.122 e. The van der Waals surface area contributed by atoms with Crippen molar-refractivity contribution in [3.8, 4) is 0 Å². The second-order valence-electron chi connectivity index (χ2n) is 1.78. The van der Waals surface area contributed by atoms with E-state index in [1.807, 2.05) is 30.3 Å². The van der Waals surface area contributed by atoms with E-state index < -0.39 is 0 Å². The maximum atomic E-state index is 7.01. The zero-order valence-corrected chi connectivity index (χ0v) is 7.19. The summed E-state index contributed by atoms with van der Waals surface area (Å²) in [5, 5.41) is 7.01. The highest BCUT2D eigenvalue weighted by atomic mass is 35.5. The molecule has 0 aliphatic carbocycles. The molecule has 5 heteroatoms. The van der Waals surface area contributed by atoms with Crippen molar-refractivity contribution in [2.75, 3.05) is 0 Å². The molecular weight excluding hydrogens is 180 g/mol. The number of nitrogen functional groups attached to an aromatic ring is 1. The molecule has 0 aliphatic heterocycles. The SMILES string of the molecule is Cl.N=C(N)c1ccccc1.O.O. The second-order valence-corrected chi connectivity index (χ2v) is 1.78. The van der Waals surface area contributed by atoms with Crippen molar-refractivity contribution < 1.29 is 11.0 Å². The third-order valence-electron chi connectivity index (χ3n) is 1.08. The van der Waals surface area contributed by atoms with Crippen LogP contribution in [0.5, 0.6) is 0 Å². The molecule has 4 nitrogen and oxygen atoms in total. The molecule has 7 N–H and O–H groups in total. The van der Waals surface area contributed by atoms with Crippen LogP contribution in [0.15, 0.2) is 30.3 Å². The van der Waals surface area contributed by atoms with Crippen LogP contribution in [0.2, 0.25) is 0 Å². The van der Waals surface area contributed by atoms with Gasteiger partial charge in [-0.05, 0) is 0 Å². The highest BCUT2D eigenvalue weighted by Crippen LogP contribution is 1.94. The van der Waals surface area contributed by atoms with Crippen LogP contribution in [0.25, 0.3) is 0 Å². The molecule has 70 valence electrons. The normalized spacial score (nSPS) is 6.67. The molecule has 12 heavy (non-hydrogen) atoms. The zero-order valence-electron chi connectivity index (χ0n) is 6.37. The van der Waals surface area contributed by atoms with Crippen molar-refractivity contribution in [1.29, 1.82) is 5.41 Å². The Morgan fingerprint density at radius 1 is 1.08 bits per heavy atom. The van der Waals surface area contributed by atoms with Crippen LogP contribution in [0, 0.1) is 5.41 Å². The summed E-state index contributed by atoms with van der Waals surface area (Å²) >= 11 is 0. The van der Waals surface area contributed by atoms with Gasteiger partial charge < -0.3 is 16.7 Å². The van der Waals surface area contributed by atoms with E-state index in [9.17, 15) is 0 Å². The van der Waals surface area contributed by atoms with Gasteiger partial charge in [-0.2, -0.15) is 0 Å². The van der Waals surface area contributed by atoms with Gasteiger partial charge in [-0.3, -0.25) is 5.41 Å². The lowest BCUT2D eigenvalue weighted by atomic mass is 10.2. The largest absolute Gasteiger partial charge is 0.412 e. The minimum atomic E-state index is 0. The minimum Gasteiger partial charge on any atom is -0.412 e. The first kappa shape index (κ1) is 17.1. The molecule has 0 atom stereocenters. The second kappa shape index (κ2) is 8.00. The predicted molar refractivity (Wildman–Crippen MR) is 51.9 cm³/mol. The molecule has 0 aliphatic rings. The van der Waals surface area contributed by atoms with Crippen molar-refractivity contribution in [2.45, 2.75) is 0 Å². The Morgan fingerprint density at radius 2 is 1.50 bits per heavy atom. The Morgan fingerprint density at radius 3 is 1.75 bits per heavy atom. The molecule has 0 unspecified atom stereocenters. The van der Waals surface area contributed by atoms with Crippen LogP contribution in [0.1, 0.15) is 5.56 Å². The summed E-state index contributed by atoms with van der Waals surface area (Å²) in [4.78, 5) is 0. The molecule has 0 saturated carbocycles. The highest BCUT2D eigenvalue weighted by Gasteiger charge is 1.89. The molecule has 0 aromatic heterocycles. The minimum absolute atomic E-state index is 0. The predicted octanol–water partition coefficient (Wildman–Crippen LogP) is -0.257. The number of nitrogens with two attached hydrogens (primary N) is 1. The molecule has 1 aromatic carbocycles. The fraction of sp³-hybridized carbons (Fsp3) is 0. The Labute approximate surface area is 76.9 Å². The Kier molecular flexibility index (Phi) is 11.4. The van der Waals surface area contributed by atoms with E-state index >= 15 is 0 Å². The molecule has 0 amide bonds. The van der Waals surface area contributed by atoms with Gasteiger partial charge in [0.25, 0.3) is 0 Å². The molecule has 0 heterocycles. The average Bonchev–Trinajstić information content (AvgIpc) is 1.90. The number of hydrogen-bond donors (Lipinski definition) is 2. The van der Waals surface area contributed by atoms with Gasteiger partial charge in [0.1, 0.15) is 5.84 Å². The standard InChI is InChI=1S/C7H8N2.ClH.2H2O/c8-7(9)6-4-2-1-3-5-6;;;/h1-5H,(H3,8,9);1H;2*1H2. The molecule has 0 saturated heterocycles. The average molecular weight is 193 g/mol.